The van der Waals surface area contributed by atoms with Gasteiger partial charge in [-0.05, 0) is 23.9 Å². The molecule has 1 aromatic carbocycles. The van der Waals surface area contributed by atoms with Crippen molar-refractivity contribution in [2.45, 2.75) is 25.9 Å². The average Bonchev–Trinajstić information content (AvgIpc) is 3.20. The van der Waals surface area contributed by atoms with Crippen molar-refractivity contribution in [2.75, 3.05) is 6.54 Å². The topological polar surface area (TPSA) is 29.9 Å². The maximum atomic E-state index is 4.50. The Balaban J connectivity index is 1.54. The minimum Gasteiger partial charge on any atom is -0.330 e. The fraction of sp³-hybridized carbons (Fsp3) is 0.278. The first-order valence-corrected chi connectivity index (χ1v) is 8.51. The summed E-state index contributed by atoms with van der Waals surface area (Å²) in [5.74, 6) is 1.13. The van der Waals surface area contributed by atoms with Gasteiger partial charge in [0.2, 0.25) is 0 Å². The molecule has 3 aromatic rings. The van der Waals surface area contributed by atoms with Crippen molar-refractivity contribution < 1.29 is 0 Å². The second kappa shape index (κ2) is 7.38. The van der Waals surface area contributed by atoms with Gasteiger partial charge in [-0.25, -0.2) is 4.98 Å². The second-order valence-electron chi connectivity index (χ2n) is 5.40. The van der Waals surface area contributed by atoms with Crippen molar-refractivity contribution in [1.29, 1.82) is 0 Å². The molecule has 0 radical (unpaired) electrons. The Morgan fingerprint density at radius 3 is 2.82 bits per heavy atom. The summed E-state index contributed by atoms with van der Waals surface area (Å²) in [7, 11) is 0. The highest BCUT2D eigenvalue weighted by molar-refractivity contribution is 7.10. The summed E-state index contributed by atoms with van der Waals surface area (Å²) in [4.78, 5) is 5.88. The summed E-state index contributed by atoms with van der Waals surface area (Å²) in [5, 5.41) is 5.70. The zero-order valence-electron chi connectivity index (χ0n) is 12.8. The molecule has 0 fully saturated rings. The molecule has 3 nitrogen and oxygen atoms in total. The number of nitrogens with zero attached hydrogens (tertiary/aromatic N) is 2. The van der Waals surface area contributed by atoms with Crippen LogP contribution < -0.4 is 5.32 Å². The quantitative estimate of drug-likeness (QED) is 0.717. The van der Waals surface area contributed by atoms with Crippen molar-refractivity contribution in [2.24, 2.45) is 0 Å². The van der Waals surface area contributed by atoms with E-state index in [0.717, 1.165) is 25.3 Å². The van der Waals surface area contributed by atoms with Crippen LogP contribution in [0, 0.1) is 0 Å². The molecule has 2 aromatic heterocycles. The Kier molecular flexibility index (Phi) is 5.03. The van der Waals surface area contributed by atoms with Crippen LogP contribution in [0.1, 0.15) is 29.2 Å². The summed E-state index contributed by atoms with van der Waals surface area (Å²) in [6.07, 6.45) is 4.89. The van der Waals surface area contributed by atoms with E-state index in [0.29, 0.717) is 6.04 Å². The molecule has 0 amide bonds. The standard InChI is InChI=1S/C18H21N3S/c1-15(17-8-5-13-22-17)19-10-9-18-20-11-12-21(18)14-16-6-3-2-4-7-16/h2-8,11-13,15,19H,9-10,14H2,1H3/t15-/m1/s1. The fourth-order valence-corrected chi connectivity index (χ4v) is 3.29. The van der Waals surface area contributed by atoms with Crippen LogP contribution in [0.15, 0.2) is 60.2 Å². The Morgan fingerprint density at radius 2 is 2.05 bits per heavy atom. The molecule has 0 spiro atoms. The van der Waals surface area contributed by atoms with Crippen LogP contribution in [0.4, 0.5) is 0 Å². The van der Waals surface area contributed by atoms with Gasteiger partial charge in [0.25, 0.3) is 0 Å². The highest BCUT2D eigenvalue weighted by Crippen LogP contribution is 2.17. The Bertz CT molecular complexity index is 673. The molecular formula is C18H21N3S. The van der Waals surface area contributed by atoms with Crippen molar-refractivity contribution >= 4 is 11.3 Å². The van der Waals surface area contributed by atoms with Gasteiger partial charge < -0.3 is 9.88 Å². The van der Waals surface area contributed by atoms with E-state index in [-0.39, 0.29) is 0 Å². The van der Waals surface area contributed by atoms with Crippen LogP contribution in [0.25, 0.3) is 0 Å². The van der Waals surface area contributed by atoms with Crippen molar-refractivity contribution in [3.8, 4) is 0 Å². The Hall–Kier alpha value is -1.91. The van der Waals surface area contributed by atoms with Gasteiger partial charge in [-0.15, -0.1) is 11.3 Å². The number of aromatic nitrogens is 2. The minimum atomic E-state index is 0.400. The maximum absolute atomic E-state index is 4.50. The van der Waals surface area contributed by atoms with Crippen LogP contribution in [0.3, 0.4) is 0 Å². The Labute approximate surface area is 135 Å². The Morgan fingerprint density at radius 1 is 1.18 bits per heavy atom. The molecule has 0 aliphatic heterocycles. The zero-order valence-corrected chi connectivity index (χ0v) is 13.6. The summed E-state index contributed by atoms with van der Waals surface area (Å²) in [5.41, 5.74) is 1.31. The van der Waals surface area contributed by atoms with Gasteiger partial charge in [0.1, 0.15) is 5.82 Å². The van der Waals surface area contributed by atoms with Gasteiger partial charge in [-0.1, -0.05) is 36.4 Å². The lowest BCUT2D eigenvalue weighted by molar-refractivity contribution is 0.568. The van der Waals surface area contributed by atoms with E-state index in [1.54, 1.807) is 11.3 Å². The van der Waals surface area contributed by atoms with Crippen LogP contribution in [0.5, 0.6) is 0 Å². The van der Waals surface area contributed by atoms with E-state index in [2.05, 4.69) is 69.8 Å². The third kappa shape index (κ3) is 3.84. The van der Waals surface area contributed by atoms with Gasteiger partial charge in [-0.2, -0.15) is 0 Å². The number of rotatable bonds is 7. The first-order valence-electron chi connectivity index (χ1n) is 7.63. The molecule has 22 heavy (non-hydrogen) atoms. The first-order chi connectivity index (χ1) is 10.8. The molecule has 1 atom stereocenters. The fourth-order valence-electron chi connectivity index (χ4n) is 2.53. The van der Waals surface area contributed by atoms with Gasteiger partial charge in [-0.3, -0.25) is 0 Å². The van der Waals surface area contributed by atoms with Gasteiger partial charge in [0.15, 0.2) is 0 Å². The van der Waals surface area contributed by atoms with Gasteiger partial charge >= 0.3 is 0 Å². The van der Waals surface area contributed by atoms with Gasteiger partial charge in [0, 0.05) is 42.8 Å². The predicted molar refractivity (Wildman–Crippen MR) is 92.2 cm³/mol. The molecular weight excluding hydrogens is 290 g/mol. The molecule has 0 saturated heterocycles. The third-order valence-electron chi connectivity index (χ3n) is 3.77. The van der Waals surface area contributed by atoms with Crippen molar-refractivity contribution in [1.82, 2.24) is 14.9 Å². The van der Waals surface area contributed by atoms with Gasteiger partial charge in [0.05, 0.1) is 0 Å². The largest absolute Gasteiger partial charge is 0.330 e. The molecule has 4 heteroatoms. The molecule has 114 valence electrons. The number of thiophene rings is 1. The van der Waals surface area contributed by atoms with E-state index < -0.39 is 0 Å². The SMILES string of the molecule is C[C@@H](NCCc1nccn1Cc1ccccc1)c1cccs1. The van der Waals surface area contributed by atoms with E-state index in [9.17, 15) is 0 Å². The van der Waals surface area contributed by atoms with Crippen molar-refractivity contribution in [3.05, 3.63) is 76.5 Å². The summed E-state index contributed by atoms with van der Waals surface area (Å²) in [6, 6.07) is 15.2. The normalized spacial score (nSPS) is 12.4. The number of hydrogen-bond acceptors (Lipinski definition) is 3. The van der Waals surface area contributed by atoms with Crippen LogP contribution in [-0.2, 0) is 13.0 Å². The van der Waals surface area contributed by atoms with Crippen LogP contribution >= 0.6 is 11.3 Å². The van der Waals surface area contributed by atoms with E-state index in [1.807, 2.05) is 12.3 Å². The lowest BCUT2D eigenvalue weighted by Gasteiger charge is -2.13. The molecule has 1 N–H and O–H groups in total. The first kappa shape index (κ1) is 15.0. The maximum Gasteiger partial charge on any atom is 0.110 e. The summed E-state index contributed by atoms with van der Waals surface area (Å²) in [6.45, 7) is 4.03. The monoisotopic (exact) mass is 311 g/mol. The molecule has 2 heterocycles. The van der Waals surface area contributed by atoms with E-state index in [4.69, 9.17) is 0 Å². The van der Waals surface area contributed by atoms with E-state index >= 15 is 0 Å². The van der Waals surface area contributed by atoms with E-state index in [1.165, 1.54) is 10.4 Å². The summed E-state index contributed by atoms with van der Waals surface area (Å²) >= 11 is 1.80. The number of imidazole rings is 1. The molecule has 0 aliphatic rings. The molecule has 0 saturated carbocycles. The number of benzene rings is 1. The third-order valence-corrected chi connectivity index (χ3v) is 4.82. The van der Waals surface area contributed by atoms with Crippen LogP contribution in [-0.4, -0.2) is 16.1 Å². The highest BCUT2D eigenvalue weighted by Gasteiger charge is 2.07. The number of nitrogens with one attached hydrogen (secondary N) is 1. The average molecular weight is 311 g/mol. The summed E-state index contributed by atoms with van der Waals surface area (Å²) < 4.78 is 2.23. The highest BCUT2D eigenvalue weighted by atomic mass is 32.1. The lowest BCUT2D eigenvalue weighted by atomic mass is 10.2. The molecule has 0 bridgehead atoms. The van der Waals surface area contributed by atoms with Crippen LogP contribution in [0.2, 0.25) is 0 Å². The second-order valence-corrected chi connectivity index (χ2v) is 6.38. The van der Waals surface area contributed by atoms with Crippen molar-refractivity contribution in [3.63, 3.8) is 0 Å². The molecule has 0 aliphatic carbocycles. The minimum absolute atomic E-state index is 0.400. The lowest BCUT2D eigenvalue weighted by Crippen LogP contribution is -2.22. The molecule has 0 unspecified atom stereocenters. The smallest absolute Gasteiger partial charge is 0.110 e. The predicted octanol–water partition coefficient (Wildman–Crippen LogP) is 3.89. The number of hydrogen-bond donors (Lipinski definition) is 1. The zero-order chi connectivity index (χ0) is 15.2. The molecule has 3 rings (SSSR count).